The molecule has 2 aromatic heterocycles. The summed E-state index contributed by atoms with van der Waals surface area (Å²) in [6.45, 7) is 3.54. The lowest BCUT2D eigenvalue weighted by atomic mass is 9.96. The van der Waals surface area contributed by atoms with Crippen molar-refractivity contribution in [3.05, 3.63) is 71.7 Å². The Labute approximate surface area is 163 Å². The molecule has 140 valence electrons. The van der Waals surface area contributed by atoms with Crippen molar-refractivity contribution >= 4 is 27.8 Å². The van der Waals surface area contributed by atoms with Crippen molar-refractivity contribution in [3.8, 4) is 0 Å². The summed E-state index contributed by atoms with van der Waals surface area (Å²) >= 11 is 0. The second kappa shape index (κ2) is 6.75. The zero-order valence-electron chi connectivity index (χ0n) is 15.9. The molecule has 0 spiro atoms. The lowest BCUT2D eigenvalue weighted by Crippen LogP contribution is -2.39. The van der Waals surface area contributed by atoms with E-state index in [1.54, 1.807) is 6.20 Å². The highest BCUT2D eigenvalue weighted by molar-refractivity contribution is 6.05. The van der Waals surface area contributed by atoms with Gasteiger partial charge in [0.25, 0.3) is 5.91 Å². The van der Waals surface area contributed by atoms with Crippen molar-refractivity contribution in [2.24, 2.45) is 0 Å². The van der Waals surface area contributed by atoms with Gasteiger partial charge in [-0.25, -0.2) is 4.98 Å². The van der Waals surface area contributed by atoms with E-state index in [9.17, 15) is 4.79 Å². The van der Waals surface area contributed by atoms with Crippen LogP contribution in [-0.4, -0.2) is 38.8 Å². The van der Waals surface area contributed by atoms with Gasteiger partial charge in [-0.2, -0.15) is 0 Å². The summed E-state index contributed by atoms with van der Waals surface area (Å²) in [4.78, 5) is 28.0. The van der Waals surface area contributed by atoms with Crippen molar-refractivity contribution in [1.82, 2.24) is 19.9 Å². The van der Waals surface area contributed by atoms with Crippen LogP contribution in [-0.2, 0) is 0 Å². The summed E-state index contributed by atoms with van der Waals surface area (Å²) in [6.07, 6.45) is 3.76. The fourth-order valence-corrected chi connectivity index (χ4v) is 4.22. The number of para-hydroxylation sites is 2. The van der Waals surface area contributed by atoms with Gasteiger partial charge in [-0.15, -0.1) is 0 Å². The number of aromatic nitrogens is 3. The summed E-state index contributed by atoms with van der Waals surface area (Å²) < 4.78 is 0. The largest absolute Gasteiger partial charge is 0.342 e. The molecule has 4 aromatic rings. The molecule has 0 bridgehead atoms. The lowest BCUT2D eigenvalue weighted by molar-refractivity contribution is 0.0706. The molecule has 5 heteroatoms. The second-order valence-corrected chi connectivity index (χ2v) is 7.56. The molecular weight excluding hydrogens is 348 g/mol. The number of H-pyrrole nitrogens is 1. The number of benzene rings is 2. The first-order valence-electron chi connectivity index (χ1n) is 9.79. The van der Waals surface area contributed by atoms with E-state index >= 15 is 0 Å². The van der Waals surface area contributed by atoms with Crippen LogP contribution in [0.15, 0.2) is 54.7 Å². The smallest absolute Gasteiger partial charge is 0.256 e. The first-order valence-corrected chi connectivity index (χ1v) is 9.79. The molecule has 2 aromatic carbocycles. The van der Waals surface area contributed by atoms with Crippen LogP contribution >= 0.6 is 0 Å². The highest BCUT2D eigenvalue weighted by Gasteiger charge is 2.28. The number of hydrogen-bond acceptors (Lipinski definition) is 3. The van der Waals surface area contributed by atoms with Crippen molar-refractivity contribution in [1.29, 1.82) is 0 Å². The molecule has 0 radical (unpaired) electrons. The van der Waals surface area contributed by atoms with Crippen LogP contribution in [0.5, 0.6) is 0 Å². The quantitative estimate of drug-likeness (QED) is 0.567. The maximum absolute atomic E-state index is 13.3. The highest BCUT2D eigenvalue weighted by atomic mass is 16.2. The molecule has 0 saturated carbocycles. The predicted octanol–water partition coefficient (Wildman–Crippen LogP) is 4.44. The Balaban J connectivity index is 1.44. The van der Waals surface area contributed by atoms with Gasteiger partial charge in [0.1, 0.15) is 5.82 Å². The van der Waals surface area contributed by atoms with Gasteiger partial charge in [0, 0.05) is 30.6 Å². The molecule has 1 amide bonds. The number of aromatic amines is 1. The molecule has 1 aliphatic heterocycles. The Kier molecular flexibility index (Phi) is 4.08. The van der Waals surface area contributed by atoms with Gasteiger partial charge < -0.3 is 9.88 Å². The molecule has 0 aliphatic carbocycles. The van der Waals surface area contributed by atoms with Crippen LogP contribution in [0.4, 0.5) is 0 Å². The number of piperidine rings is 1. The van der Waals surface area contributed by atoms with Crippen molar-refractivity contribution in [2.45, 2.75) is 25.7 Å². The third-order valence-corrected chi connectivity index (χ3v) is 5.69. The van der Waals surface area contributed by atoms with Crippen molar-refractivity contribution in [2.75, 3.05) is 13.1 Å². The Morgan fingerprint density at radius 2 is 1.96 bits per heavy atom. The van der Waals surface area contributed by atoms with Crippen LogP contribution in [0.25, 0.3) is 21.9 Å². The number of aryl methyl sites for hydroxylation is 1. The topological polar surface area (TPSA) is 61.9 Å². The number of pyridine rings is 1. The number of carbonyl (C=O) groups excluding carboxylic acids is 1. The van der Waals surface area contributed by atoms with Crippen LogP contribution in [0.1, 0.15) is 40.5 Å². The minimum absolute atomic E-state index is 0.0568. The van der Waals surface area contributed by atoms with Crippen LogP contribution < -0.4 is 0 Å². The minimum Gasteiger partial charge on any atom is -0.342 e. The number of amides is 1. The Morgan fingerprint density at radius 1 is 1.11 bits per heavy atom. The van der Waals surface area contributed by atoms with E-state index in [0.29, 0.717) is 12.1 Å². The fourth-order valence-electron chi connectivity index (χ4n) is 4.22. The molecule has 28 heavy (non-hydrogen) atoms. The van der Waals surface area contributed by atoms with Gasteiger partial charge in [0.15, 0.2) is 0 Å². The number of carbonyl (C=O) groups is 1. The SMILES string of the molecule is Cc1cccc2[nH]c(C3CCCN(C(=O)c4cccc5cccnc45)C3)nc12. The van der Waals surface area contributed by atoms with Gasteiger partial charge in [-0.3, -0.25) is 9.78 Å². The first-order chi connectivity index (χ1) is 13.7. The monoisotopic (exact) mass is 370 g/mol. The second-order valence-electron chi connectivity index (χ2n) is 7.56. The summed E-state index contributed by atoms with van der Waals surface area (Å²) in [5.74, 6) is 1.27. The average Bonchev–Trinajstić information content (AvgIpc) is 3.19. The molecule has 1 unspecified atom stereocenters. The Morgan fingerprint density at radius 3 is 2.86 bits per heavy atom. The number of nitrogens with one attached hydrogen (secondary N) is 1. The third kappa shape index (κ3) is 2.83. The summed E-state index contributed by atoms with van der Waals surface area (Å²) in [7, 11) is 0. The molecular formula is C23H22N4O. The van der Waals surface area contributed by atoms with Crippen LogP contribution in [0, 0.1) is 6.92 Å². The minimum atomic E-state index is 0.0568. The van der Waals surface area contributed by atoms with Crippen LogP contribution in [0.3, 0.4) is 0 Å². The van der Waals surface area contributed by atoms with E-state index in [1.807, 2.05) is 41.3 Å². The van der Waals surface area contributed by atoms with E-state index in [1.165, 1.54) is 5.56 Å². The molecule has 1 aliphatic rings. The maximum atomic E-state index is 13.3. The zero-order chi connectivity index (χ0) is 19.1. The Hall–Kier alpha value is -3.21. The fraction of sp³-hybridized carbons (Fsp3) is 0.261. The van der Waals surface area contributed by atoms with Gasteiger partial charge in [0.2, 0.25) is 0 Å². The zero-order valence-corrected chi connectivity index (χ0v) is 15.9. The maximum Gasteiger partial charge on any atom is 0.256 e. The molecule has 5 nitrogen and oxygen atoms in total. The average molecular weight is 370 g/mol. The molecule has 1 atom stereocenters. The van der Waals surface area contributed by atoms with Gasteiger partial charge in [0.05, 0.1) is 22.1 Å². The van der Waals surface area contributed by atoms with E-state index < -0.39 is 0 Å². The molecule has 1 N–H and O–H groups in total. The number of likely N-dealkylation sites (tertiary alicyclic amines) is 1. The van der Waals surface area contributed by atoms with Crippen molar-refractivity contribution in [3.63, 3.8) is 0 Å². The first kappa shape index (κ1) is 16.9. The van der Waals surface area contributed by atoms with Gasteiger partial charge in [-0.1, -0.05) is 30.3 Å². The molecule has 1 saturated heterocycles. The summed E-state index contributed by atoms with van der Waals surface area (Å²) in [5, 5.41) is 0.995. The lowest BCUT2D eigenvalue weighted by Gasteiger charge is -2.32. The number of nitrogens with zero attached hydrogens (tertiary/aromatic N) is 3. The number of rotatable bonds is 2. The summed E-state index contributed by atoms with van der Waals surface area (Å²) in [5.41, 5.74) is 4.72. The molecule has 5 rings (SSSR count). The van der Waals surface area contributed by atoms with E-state index in [4.69, 9.17) is 4.98 Å². The standard InChI is InChI=1S/C23H22N4O/c1-15-6-2-11-19-20(15)26-22(25-19)17-9-5-13-27(14-17)23(28)18-10-3-7-16-8-4-12-24-21(16)18/h2-4,6-8,10-12,17H,5,9,13-14H2,1H3,(H,25,26). The Bertz CT molecular complexity index is 1170. The predicted molar refractivity (Wildman–Crippen MR) is 110 cm³/mol. The summed E-state index contributed by atoms with van der Waals surface area (Å²) in [6, 6.07) is 15.9. The molecule has 3 heterocycles. The van der Waals surface area contributed by atoms with E-state index in [-0.39, 0.29) is 11.8 Å². The number of imidazole rings is 1. The van der Waals surface area contributed by atoms with Crippen molar-refractivity contribution < 1.29 is 4.79 Å². The van der Waals surface area contributed by atoms with Gasteiger partial charge >= 0.3 is 0 Å². The van der Waals surface area contributed by atoms with E-state index in [2.05, 4.69) is 29.0 Å². The van der Waals surface area contributed by atoms with Crippen LogP contribution in [0.2, 0.25) is 0 Å². The third-order valence-electron chi connectivity index (χ3n) is 5.69. The van der Waals surface area contributed by atoms with Gasteiger partial charge in [-0.05, 0) is 43.5 Å². The normalized spacial score (nSPS) is 17.3. The molecule has 1 fully saturated rings. The van der Waals surface area contributed by atoms with E-state index in [0.717, 1.165) is 47.1 Å². The number of hydrogen-bond donors (Lipinski definition) is 1. The highest BCUT2D eigenvalue weighted by Crippen LogP contribution is 2.29. The number of fused-ring (bicyclic) bond motifs is 2.